The Hall–Kier alpha value is -1.34. The molecular weight excluding hydrogens is 252 g/mol. The van der Waals surface area contributed by atoms with Gasteiger partial charge in [0.05, 0.1) is 25.2 Å². The second-order valence-electron chi connectivity index (χ2n) is 5.10. The molecular formula is C12H22N2O5. The van der Waals surface area contributed by atoms with Crippen molar-refractivity contribution in [2.45, 2.75) is 13.0 Å². The summed E-state index contributed by atoms with van der Waals surface area (Å²) in [6.45, 7) is 2.80. The van der Waals surface area contributed by atoms with Gasteiger partial charge in [-0.1, -0.05) is 6.92 Å². The number of carbonyl (C=O) groups is 2. The van der Waals surface area contributed by atoms with E-state index in [0.717, 1.165) is 0 Å². The number of aliphatic hydroxyl groups excluding tert-OH is 1. The first-order valence-electron chi connectivity index (χ1n) is 6.26. The smallest absolute Gasteiger partial charge is 0.319 e. The van der Waals surface area contributed by atoms with E-state index in [9.17, 15) is 14.7 Å². The number of likely N-dealkylation sites (tertiary alicyclic amines) is 1. The lowest BCUT2D eigenvalue weighted by Gasteiger charge is -2.26. The van der Waals surface area contributed by atoms with Gasteiger partial charge in [-0.05, 0) is 5.92 Å². The highest BCUT2D eigenvalue weighted by Crippen LogP contribution is 2.23. The summed E-state index contributed by atoms with van der Waals surface area (Å²) in [5, 5.41) is 18.6. The molecule has 1 heterocycles. The van der Waals surface area contributed by atoms with Gasteiger partial charge in [0.15, 0.2) is 0 Å². The van der Waals surface area contributed by atoms with Gasteiger partial charge >= 0.3 is 12.0 Å². The summed E-state index contributed by atoms with van der Waals surface area (Å²) < 4.78 is 4.80. The number of methoxy groups -OCH3 is 1. The molecule has 1 rings (SSSR count). The number of aliphatic carboxylic acids is 1. The van der Waals surface area contributed by atoms with Crippen molar-refractivity contribution in [3.63, 3.8) is 0 Å². The topological polar surface area (TPSA) is 90.3 Å². The predicted octanol–water partition coefficient (Wildman–Crippen LogP) is -0.302. The first-order valence-corrected chi connectivity index (χ1v) is 6.26. The van der Waals surface area contributed by atoms with Crippen LogP contribution in [-0.2, 0) is 9.53 Å². The number of carboxylic acids is 1. The molecule has 2 N–H and O–H groups in total. The molecule has 1 aliphatic heterocycles. The molecule has 1 aliphatic rings. The molecule has 0 saturated carbocycles. The van der Waals surface area contributed by atoms with Gasteiger partial charge in [-0.25, -0.2) is 4.79 Å². The van der Waals surface area contributed by atoms with Gasteiger partial charge in [-0.3, -0.25) is 4.79 Å². The molecule has 7 nitrogen and oxygen atoms in total. The molecule has 1 saturated heterocycles. The molecule has 3 atom stereocenters. The van der Waals surface area contributed by atoms with Crippen LogP contribution in [0.15, 0.2) is 0 Å². The normalized spacial score (nSPS) is 24.3. The average Bonchev–Trinajstić information content (AvgIpc) is 2.70. The number of hydrogen-bond donors (Lipinski definition) is 2. The van der Waals surface area contributed by atoms with Gasteiger partial charge in [0, 0.05) is 27.2 Å². The number of urea groups is 1. The first-order chi connectivity index (χ1) is 8.86. The van der Waals surface area contributed by atoms with Gasteiger partial charge in [0.25, 0.3) is 0 Å². The molecule has 110 valence electrons. The third-order valence-corrected chi connectivity index (χ3v) is 3.37. The fourth-order valence-electron chi connectivity index (χ4n) is 2.33. The molecule has 1 fully saturated rings. The molecule has 0 bridgehead atoms. The van der Waals surface area contributed by atoms with Crippen molar-refractivity contribution in [2.75, 3.05) is 40.4 Å². The monoisotopic (exact) mass is 274 g/mol. The molecule has 1 unspecified atom stereocenters. The molecule has 19 heavy (non-hydrogen) atoms. The molecule has 2 amide bonds. The number of ether oxygens (including phenoxy) is 1. The second kappa shape index (κ2) is 6.72. The Morgan fingerprint density at radius 2 is 2.11 bits per heavy atom. The third-order valence-electron chi connectivity index (χ3n) is 3.37. The van der Waals surface area contributed by atoms with E-state index < -0.39 is 18.0 Å². The number of amides is 2. The van der Waals surface area contributed by atoms with Crippen LogP contribution in [0, 0.1) is 11.8 Å². The second-order valence-corrected chi connectivity index (χ2v) is 5.10. The van der Waals surface area contributed by atoms with Crippen molar-refractivity contribution in [3.05, 3.63) is 0 Å². The number of aliphatic hydroxyl groups is 1. The van der Waals surface area contributed by atoms with Crippen LogP contribution in [0.1, 0.15) is 6.92 Å². The van der Waals surface area contributed by atoms with E-state index >= 15 is 0 Å². The van der Waals surface area contributed by atoms with Gasteiger partial charge in [0.2, 0.25) is 0 Å². The van der Waals surface area contributed by atoms with Gasteiger partial charge < -0.3 is 24.7 Å². The average molecular weight is 274 g/mol. The van der Waals surface area contributed by atoms with Crippen LogP contribution in [0.3, 0.4) is 0 Å². The summed E-state index contributed by atoms with van der Waals surface area (Å²) in [4.78, 5) is 26.0. The third kappa shape index (κ3) is 4.07. The van der Waals surface area contributed by atoms with Crippen molar-refractivity contribution < 1.29 is 24.5 Å². The molecule has 0 aromatic carbocycles. The highest BCUT2D eigenvalue weighted by atomic mass is 16.5. The van der Waals surface area contributed by atoms with E-state index in [-0.39, 0.29) is 31.6 Å². The van der Waals surface area contributed by atoms with E-state index in [1.807, 2.05) is 6.92 Å². The van der Waals surface area contributed by atoms with E-state index in [1.54, 1.807) is 7.05 Å². The van der Waals surface area contributed by atoms with E-state index in [1.165, 1.54) is 16.9 Å². The first kappa shape index (κ1) is 15.7. The van der Waals surface area contributed by atoms with Crippen LogP contribution in [0.2, 0.25) is 0 Å². The standard InChI is InChI=1S/C12H22N2O5/c1-8-4-14(6-10(8)11(16)17)12(18)13(2)5-9(15)7-19-3/h8-10,15H,4-7H2,1-3H3,(H,16,17)/t8-,9?,10-/m1/s1. The van der Waals surface area contributed by atoms with E-state index in [4.69, 9.17) is 9.84 Å². The lowest BCUT2D eigenvalue weighted by atomic mass is 9.99. The number of carboxylic acid groups (broad SMARTS) is 1. The number of rotatable bonds is 5. The highest BCUT2D eigenvalue weighted by Gasteiger charge is 2.37. The fourth-order valence-corrected chi connectivity index (χ4v) is 2.33. The lowest BCUT2D eigenvalue weighted by Crippen LogP contribution is -2.44. The van der Waals surface area contributed by atoms with Crippen molar-refractivity contribution in [2.24, 2.45) is 11.8 Å². The molecule has 7 heteroatoms. The zero-order valence-corrected chi connectivity index (χ0v) is 11.6. The van der Waals surface area contributed by atoms with Crippen molar-refractivity contribution >= 4 is 12.0 Å². The largest absolute Gasteiger partial charge is 0.481 e. The van der Waals surface area contributed by atoms with E-state index in [0.29, 0.717) is 6.54 Å². The Bertz CT molecular complexity index is 336. The minimum Gasteiger partial charge on any atom is -0.481 e. The van der Waals surface area contributed by atoms with Crippen molar-refractivity contribution in [1.29, 1.82) is 0 Å². The summed E-state index contributed by atoms with van der Waals surface area (Å²) in [5.41, 5.74) is 0. The van der Waals surface area contributed by atoms with Crippen LogP contribution >= 0.6 is 0 Å². The van der Waals surface area contributed by atoms with Crippen LogP contribution in [0.25, 0.3) is 0 Å². The number of hydrogen-bond acceptors (Lipinski definition) is 4. The minimum absolute atomic E-state index is 0.0567. The zero-order valence-electron chi connectivity index (χ0n) is 11.6. The Labute approximate surface area is 112 Å². The SMILES string of the molecule is COCC(O)CN(C)C(=O)N1C[C@@H](C)[C@H](C(=O)O)C1. The Balaban J connectivity index is 2.52. The van der Waals surface area contributed by atoms with Crippen molar-refractivity contribution in [3.8, 4) is 0 Å². The Morgan fingerprint density at radius 3 is 2.58 bits per heavy atom. The Morgan fingerprint density at radius 1 is 1.47 bits per heavy atom. The summed E-state index contributed by atoms with van der Waals surface area (Å²) >= 11 is 0. The number of carbonyl (C=O) groups excluding carboxylic acids is 1. The maximum Gasteiger partial charge on any atom is 0.319 e. The maximum atomic E-state index is 12.1. The zero-order chi connectivity index (χ0) is 14.6. The number of likely N-dealkylation sites (N-methyl/N-ethyl adjacent to an activating group) is 1. The van der Waals surface area contributed by atoms with Gasteiger partial charge in [-0.15, -0.1) is 0 Å². The van der Waals surface area contributed by atoms with Crippen LogP contribution in [-0.4, -0.2) is 78.5 Å². The highest BCUT2D eigenvalue weighted by molar-refractivity contribution is 5.77. The van der Waals surface area contributed by atoms with Crippen LogP contribution in [0.4, 0.5) is 4.79 Å². The van der Waals surface area contributed by atoms with Gasteiger partial charge in [0.1, 0.15) is 0 Å². The summed E-state index contributed by atoms with van der Waals surface area (Å²) in [6, 6.07) is -0.259. The Kier molecular flexibility index (Phi) is 5.56. The van der Waals surface area contributed by atoms with E-state index in [2.05, 4.69) is 0 Å². The van der Waals surface area contributed by atoms with Crippen molar-refractivity contribution in [1.82, 2.24) is 9.80 Å². The lowest BCUT2D eigenvalue weighted by molar-refractivity contribution is -0.142. The summed E-state index contributed by atoms with van der Waals surface area (Å²) in [7, 11) is 3.06. The molecule has 0 spiro atoms. The molecule has 0 aromatic rings. The fraction of sp³-hybridized carbons (Fsp3) is 0.833. The van der Waals surface area contributed by atoms with Gasteiger partial charge in [-0.2, -0.15) is 0 Å². The minimum atomic E-state index is -0.870. The van der Waals surface area contributed by atoms with Crippen LogP contribution in [0.5, 0.6) is 0 Å². The van der Waals surface area contributed by atoms with Crippen LogP contribution < -0.4 is 0 Å². The maximum absolute atomic E-state index is 12.1. The summed E-state index contributed by atoms with van der Waals surface area (Å²) in [6.07, 6.45) is -0.741. The molecule has 0 aliphatic carbocycles. The summed E-state index contributed by atoms with van der Waals surface area (Å²) in [5.74, 6) is -1.44. The quantitative estimate of drug-likeness (QED) is 0.718. The predicted molar refractivity (Wildman–Crippen MR) is 67.8 cm³/mol. The molecule has 0 aromatic heterocycles. The number of nitrogens with zero attached hydrogens (tertiary/aromatic N) is 2. The molecule has 0 radical (unpaired) electrons.